The molecule has 0 saturated heterocycles. The number of aliphatic imine (C=N–C) groups is 1. The first-order valence-corrected chi connectivity index (χ1v) is 4.48. The molecule has 1 aromatic rings. The highest BCUT2D eigenvalue weighted by Gasteiger charge is 1.86. The third-order valence-corrected chi connectivity index (χ3v) is 1.87. The molecule has 1 rings (SSSR count). The van der Waals surface area contributed by atoms with E-state index in [0.29, 0.717) is 6.54 Å². The van der Waals surface area contributed by atoms with E-state index >= 15 is 0 Å². The molecule has 0 unspecified atom stereocenters. The normalized spacial score (nSPS) is 10.4. The molecular weight excluding hydrogens is 214 g/mol. The van der Waals surface area contributed by atoms with E-state index in [9.17, 15) is 0 Å². The Bertz CT molecular complexity index is 274. The van der Waals surface area contributed by atoms with Crippen molar-refractivity contribution in [2.45, 2.75) is 0 Å². The van der Waals surface area contributed by atoms with Gasteiger partial charge in [-0.25, -0.2) is 0 Å². The van der Waals surface area contributed by atoms with Crippen LogP contribution in [0.5, 0.6) is 0 Å². The third kappa shape index (κ3) is 3.01. The molecule has 0 bridgehead atoms. The lowest BCUT2D eigenvalue weighted by Crippen LogP contribution is -1.80. The van der Waals surface area contributed by atoms with Crippen molar-refractivity contribution in [1.82, 2.24) is 0 Å². The van der Waals surface area contributed by atoms with Gasteiger partial charge >= 0.3 is 0 Å². The molecule has 0 aliphatic heterocycles. The molecule has 0 fully saturated rings. The second-order valence-electron chi connectivity index (χ2n) is 2.33. The highest BCUT2D eigenvalue weighted by Crippen LogP contribution is 2.08. The number of halogens is 1. The summed E-state index contributed by atoms with van der Waals surface area (Å²) in [6.45, 7) is 4.26. The van der Waals surface area contributed by atoms with E-state index in [1.165, 1.54) is 0 Å². The van der Waals surface area contributed by atoms with E-state index in [1.54, 1.807) is 6.08 Å². The Hall–Kier alpha value is -0.890. The average molecular weight is 224 g/mol. The van der Waals surface area contributed by atoms with Crippen LogP contribution in [0, 0.1) is 0 Å². The zero-order valence-corrected chi connectivity index (χ0v) is 8.29. The topological polar surface area (TPSA) is 12.4 Å². The van der Waals surface area contributed by atoms with Crippen molar-refractivity contribution in [1.29, 1.82) is 0 Å². The standard InChI is InChI=1S/C10H10BrN/c1-2-7-12-8-9-3-5-10(11)6-4-9/h2-6,8H,1,7H2. The van der Waals surface area contributed by atoms with Crippen LogP contribution in [0.4, 0.5) is 0 Å². The molecule has 0 N–H and O–H groups in total. The van der Waals surface area contributed by atoms with Gasteiger partial charge in [-0.05, 0) is 17.7 Å². The Kier molecular flexibility index (Phi) is 3.74. The monoisotopic (exact) mass is 223 g/mol. The Morgan fingerprint density at radius 3 is 2.58 bits per heavy atom. The van der Waals surface area contributed by atoms with E-state index in [1.807, 2.05) is 30.5 Å². The Morgan fingerprint density at radius 2 is 2.00 bits per heavy atom. The van der Waals surface area contributed by atoms with Crippen molar-refractivity contribution in [3.8, 4) is 0 Å². The average Bonchev–Trinajstić information content (AvgIpc) is 2.09. The molecule has 0 spiro atoms. The molecule has 0 aliphatic rings. The summed E-state index contributed by atoms with van der Waals surface area (Å²) in [6.07, 6.45) is 3.61. The molecule has 0 aromatic heterocycles. The van der Waals surface area contributed by atoms with E-state index in [0.717, 1.165) is 10.0 Å². The van der Waals surface area contributed by atoms with Gasteiger partial charge in [-0.1, -0.05) is 34.1 Å². The quantitative estimate of drug-likeness (QED) is 0.552. The summed E-state index contributed by atoms with van der Waals surface area (Å²) in [7, 11) is 0. The predicted octanol–water partition coefficient (Wildman–Crippen LogP) is 3.05. The van der Waals surface area contributed by atoms with Gasteiger partial charge in [-0.15, -0.1) is 6.58 Å². The lowest BCUT2D eigenvalue weighted by atomic mass is 10.2. The third-order valence-electron chi connectivity index (χ3n) is 1.34. The second kappa shape index (κ2) is 4.88. The fourth-order valence-corrected chi connectivity index (χ4v) is 1.05. The number of benzene rings is 1. The summed E-state index contributed by atoms with van der Waals surface area (Å²) in [5, 5.41) is 0. The highest BCUT2D eigenvalue weighted by atomic mass is 79.9. The molecule has 2 heteroatoms. The van der Waals surface area contributed by atoms with Crippen LogP contribution in [-0.2, 0) is 0 Å². The number of hydrogen-bond acceptors (Lipinski definition) is 1. The van der Waals surface area contributed by atoms with Crippen molar-refractivity contribution in [2.24, 2.45) is 4.99 Å². The van der Waals surface area contributed by atoms with E-state index in [-0.39, 0.29) is 0 Å². The molecule has 0 atom stereocenters. The predicted molar refractivity (Wildman–Crippen MR) is 56.8 cm³/mol. The smallest absolute Gasteiger partial charge is 0.0567 e. The van der Waals surface area contributed by atoms with Gasteiger partial charge in [0, 0.05) is 10.7 Å². The summed E-state index contributed by atoms with van der Waals surface area (Å²) in [6, 6.07) is 8.01. The maximum absolute atomic E-state index is 4.13. The van der Waals surface area contributed by atoms with Crippen LogP contribution in [0.2, 0.25) is 0 Å². The van der Waals surface area contributed by atoms with Crippen LogP contribution in [0.25, 0.3) is 0 Å². The van der Waals surface area contributed by atoms with Crippen molar-refractivity contribution in [3.63, 3.8) is 0 Å². The molecule has 0 radical (unpaired) electrons. The van der Waals surface area contributed by atoms with Crippen LogP contribution >= 0.6 is 15.9 Å². The van der Waals surface area contributed by atoms with Gasteiger partial charge in [0.1, 0.15) is 0 Å². The minimum atomic E-state index is 0.677. The molecule has 62 valence electrons. The first-order valence-electron chi connectivity index (χ1n) is 3.69. The highest BCUT2D eigenvalue weighted by molar-refractivity contribution is 9.10. The summed E-state index contributed by atoms with van der Waals surface area (Å²) in [5.74, 6) is 0. The summed E-state index contributed by atoms with van der Waals surface area (Å²) in [5.41, 5.74) is 1.11. The molecule has 0 heterocycles. The van der Waals surface area contributed by atoms with Gasteiger partial charge in [0.2, 0.25) is 0 Å². The minimum absolute atomic E-state index is 0.677. The minimum Gasteiger partial charge on any atom is -0.288 e. The van der Waals surface area contributed by atoms with Gasteiger partial charge in [-0.3, -0.25) is 4.99 Å². The Labute approximate surface area is 81.0 Å². The summed E-state index contributed by atoms with van der Waals surface area (Å²) in [4.78, 5) is 4.13. The molecule has 0 saturated carbocycles. The zero-order chi connectivity index (χ0) is 8.81. The lowest BCUT2D eigenvalue weighted by molar-refractivity contribution is 1.26. The maximum atomic E-state index is 4.13. The van der Waals surface area contributed by atoms with Crippen LogP contribution in [0.3, 0.4) is 0 Å². The van der Waals surface area contributed by atoms with E-state index in [4.69, 9.17) is 0 Å². The fraction of sp³-hybridized carbons (Fsp3) is 0.100. The van der Waals surface area contributed by atoms with Gasteiger partial charge in [0.15, 0.2) is 0 Å². The van der Waals surface area contributed by atoms with E-state index in [2.05, 4.69) is 27.5 Å². The Balaban J connectivity index is 2.64. The summed E-state index contributed by atoms with van der Waals surface area (Å²) < 4.78 is 1.09. The number of nitrogens with zero attached hydrogens (tertiary/aromatic N) is 1. The van der Waals surface area contributed by atoms with Crippen molar-refractivity contribution < 1.29 is 0 Å². The van der Waals surface area contributed by atoms with Gasteiger partial charge in [0.25, 0.3) is 0 Å². The SMILES string of the molecule is C=CCN=Cc1ccc(Br)cc1. The lowest BCUT2D eigenvalue weighted by Gasteiger charge is -1.91. The van der Waals surface area contributed by atoms with Crippen LogP contribution in [-0.4, -0.2) is 12.8 Å². The molecular formula is C10H10BrN. The van der Waals surface area contributed by atoms with Crippen LogP contribution in [0.1, 0.15) is 5.56 Å². The zero-order valence-electron chi connectivity index (χ0n) is 6.70. The number of rotatable bonds is 3. The first-order chi connectivity index (χ1) is 5.83. The van der Waals surface area contributed by atoms with Crippen molar-refractivity contribution >= 4 is 22.1 Å². The molecule has 1 nitrogen and oxygen atoms in total. The fourth-order valence-electron chi connectivity index (χ4n) is 0.781. The maximum Gasteiger partial charge on any atom is 0.0567 e. The Morgan fingerprint density at radius 1 is 1.33 bits per heavy atom. The van der Waals surface area contributed by atoms with Crippen LogP contribution < -0.4 is 0 Å². The first kappa shape index (κ1) is 9.20. The largest absolute Gasteiger partial charge is 0.288 e. The number of hydrogen-bond donors (Lipinski definition) is 0. The molecule has 0 aliphatic carbocycles. The van der Waals surface area contributed by atoms with Crippen LogP contribution in [0.15, 0.2) is 46.4 Å². The van der Waals surface area contributed by atoms with Gasteiger partial charge < -0.3 is 0 Å². The molecule has 0 amide bonds. The van der Waals surface area contributed by atoms with Crippen molar-refractivity contribution in [3.05, 3.63) is 47.0 Å². The second-order valence-corrected chi connectivity index (χ2v) is 3.25. The van der Waals surface area contributed by atoms with E-state index < -0.39 is 0 Å². The van der Waals surface area contributed by atoms with Crippen molar-refractivity contribution in [2.75, 3.05) is 6.54 Å². The molecule has 1 aromatic carbocycles. The van der Waals surface area contributed by atoms with Gasteiger partial charge in [-0.2, -0.15) is 0 Å². The summed E-state index contributed by atoms with van der Waals surface area (Å²) >= 11 is 3.37. The molecule has 12 heavy (non-hydrogen) atoms. The van der Waals surface area contributed by atoms with Gasteiger partial charge in [0.05, 0.1) is 6.54 Å².